The third kappa shape index (κ3) is 3.24. The normalized spacial score (nSPS) is 15.0. The summed E-state index contributed by atoms with van der Waals surface area (Å²) in [6, 6.07) is 3.99. The van der Waals surface area contributed by atoms with Crippen molar-refractivity contribution in [3.8, 4) is 5.75 Å². The van der Waals surface area contributed by atoms with E-state index in [0.717, 1.165) is 43.2 Å². The number of aryl methyl sites for hydroxylation is 1. The third-order valence-electron chi connectivity index (χ3n) is 4.49. The molecule has 0 aliphatic carbocycles. The number of imidazole rings is 1. The van der Waals surface area contributed by atoms with Crippen molar-refractivity contribution in [2.45, 2.75) is 46.2 Å². The molecule has 0 aromatic carbocycles. The minimum atomic E-state index is 0.460. The first-order chi connectivity index (χ1) is 11.0. The van der Waals surface area contributed by atoms with Crippen LogP contribution >= 0.6 is 0 Å². The second-order valence-electron chi connectivity index (χ2n) is 6.68. The van der Waals surface area contributed by atoms with Gasteiger partial charge in [0, 0.05) is 62.5 Å². The minimum absolute atomic E-state index is 0.460. The molecule has 0 bridgehead atoms. The average Bonchev–Trinajstić information content (AvgIpc) is 2.83. The first-order valence-electron chi connectivity index (χ1n) is 8.26. The highest BCUT2D eigenvalue weighted by atomic mass is 16.5. The Morgan fingerprint density at radius 3 is 2.74 bits per heavy atom. The number of pyridine rings is 1. The molecule has 23 heavy (non-hydrogen) atoms. The molecular formula is C18H26N4O. The summed E-state index contributed by atoms with van der Waals surface area (Å²) >= 11 is 0. The third-order valence-corrected chi connectivity index (χ3v) is 4.49. The standard InChI is InChI=1S/C18H26N4O/c1-12(2)18-20-16-11-22(7-6-17(16)21(18)4)10-14-9-15(23-5)8-13(3)19-14/h8-9,12H,6-7,10-11H2,1-5H3. The van der Waals surface area contributed by atoms with Gasteiger partial charge in [0.1, 0.15) is 11.6 Å². The molecule has 0 atom stereocenters. The van der Waals surface area contributed by atoms with Crippen molar-refractivity contribution in [1.29, 1.82) is 0 Å². The van der Waals surface area contributed by atoms with Gasteiger partial charge in [0.25, 0.3) is 0 Å². The Morgan fingerprint density at radius 2 is 2.04 bits per heavy atom. The Labute approximate surface area is 138 Å². The van der Waals surface area contributed by atoms with E-state index in [4.69, 9.17) is 9.72 Å². The van der Waals surface area contributed by atoms with Crippen molar-refractivity contribution in [3.05, 3.63) is 40.7 Å². The van der Waals surface area contributed by atoms with Gasteiger partial charge in [0.15, 0.2) is 0 Å². The summed E-state index contributed by atoms with van der Waals surface area (Å²) in [5.41, 5.74) is 4.67. The SMILES string of the molecule is COc1cc(C)nc(CN2CCc3c(nc(C(C)C)n3C)C2)c1. The van der Waals surface area contributed by atoms with Crippen LogP contribution < -0.4 is 4.74 Å². The van der Waals surface area contributed by atoms with Crippen LogP contribution in [0.5, 0.6) is 5.75 Å². The van der Waals surface area contributed by atoms with Crippen LogP contribution in [0.15, 0.2) is 12.1 Å². The van der Waals surface area contributed by atoms with E-state index in [1.54, 1.807) is 7.11 Å². The maximum atomic E-state index is 5.35. The zero-order valence-electron chi connectivity index (χ0n) is 14.8. The van der Waals surface area contributed by atoms with Crippen molar-refractivity contribution >= 4 is 0 Å². The lowest BCUT2D eigenvalue weighted by molar-refractivity contribution is 0.237. The van der Waals surface area contributed by atoms with Crippen LogP contribution in [0.4, 0.5) is 0 Å². The zero-order chi connectivity index (χ0) is 16.6. The summed E-state index contributed by atoms with van der Waals surface area (Å²) in [5, 5.41) is 0. The number of nitrogens with zero attached hydrogens (tertiary/aromatic N) is 4. The Kier molecular flexibility index (Phi) is 4.39. The van der Waals surface area contributed by atoms with Gasteiger partial charge in [-0.1, -0.05) is 13.8 Å². The van der Waals surface area contributed by atoms with Crippen molar-refractivity contribution in [3.63, 3.8) is 0 Å². The molecule has 0 saturated carbocycles. The molecule has 124 valence electrons. The molecule has 2 aromatic rings. The van der Waals surface area contributed by atoms with Gasteiger partial charge >= 0.3 is 0 Å². The summed E-state index contributed by atoms with van der Waals surface area (Å²) in [5.74, 6) is 2.53. The monoisotopic (exact) mass is 314 g/mol. The highest BCUT2D eigenvalue weighted by molar-refractivity contribution is 5.27. The molecule has 1 aliphatic heterocycles. The number of aromatic nitrogens is 3. The fourth-order valence-electron chi connectivity index (χ4n) is 3.39. The van der Waals surface area contributed by atoms with Gasteiger partial charge in [-0.2, -0.15) is 0 Å². The van der Waals surface area contributed by atoms with Crippen LogP contribution in [0.2, 0.25) is 0 Å². The Bertz CT molecular complexity index is 705. The molecule has 0 unspecified atom stereocenters. The summed E-state index contributed by atoms with van der Waals surface area (Å²) in [6.07, 6.45) is 1.05. The maximum Gasteiger partial charge on any atom is 0.122 e. The predicted octanol–water partition coefficient (Wildman–Crippen LogP) is 2.81. The Hall–Kier alpha value is -1.88. The first kappa shape index (κ1) is 16.0. The average molecular weight is 314 g/mol. The lowest BCUT2D eigenvalue weighted by Gasteiger charge is -2.26. The maximum absolute atomic E-state index is 5.35. The van der Waals surface area contributed by atoms with Crippen LogP contribution in [0, 0.1) is 6.92 Å². The molecule has 0 spiro atoms. The summed E-state index contributed by atoms with van der Waals surface area (Å²) in [7, 11) is 3.84. The molecule has 5 heteroatoms. The number of fused-ring (bicyclic) bond motifs is 1. The van der Waals surface area contributed by atoms with Gasteiger partial charge in [-0.3, -0.25) is 9.88 Å². The van der Waals surface area contributed by atoms with Crippen LogP contribution in [0.1, 0.15) is 48.4 Å². The summed E-state index contributed by atoms with van der Waals surface area (Å²) in [4.78, 5) is 11.9. The number of hydrogen-bond donors (Lipinski definition) is 0. The smallest absolute Gasteiger partial charge is 0.122 e. The van der Waals surface area contributed by atoms with E-state index in [2.05, 4.69) is 35.3 Å². The Morgan fingerprint density at radius 1 is 1.26 bits per heavy atom. The van der Waals surface area contributed by atoms with Crippen LogP contribution in [-0.2, 0) is 26.6 Å². The van der Waals surface area contributed by atoms with Gasteiger partial charge in [-0.05, 0) is 6.92 Å². The van der Waals surface area contributed by atoms with Gasteiger partial charge in [-0.25, -0.2) is 4.98 Å². The second kappa shape index (κ2) is 6.32. The van der Waals surface area contributed by atoms with E-state index < -0.39 is 0 Å². The van der Waals surface area contributed by atoms with E-state index >= 15 is 0 Å². The molecule has 0 N–H and O–H groups in total. The van der Waals surface area contributed by atoms with Crippen LogP contribution in [0.3, 0.4) is 0 Å². The highest BCUT2D eigenvalue weighted by Crippen LogP contribution is 2.24. The van der Waals surface area contributed by atoms with Crippen molar-refractivity contribution in [2.24, 2.45) is 7.05 Å². The van der Waals surface area contributed by atoms with E-state index in [0.29, 0.717) is 5.92 Å². The summed E-state index contributed by atoms with van der Waals surface area (Å²) in [6.45, 7) is 9.19. The van der Waals surface area contributed by atoms with Crippen molar-refractivity contribution < 1.29 is 4.74 Å². The quantitative estimate of drug-likeness (QED) is 0.870. The second-order valence-corrected chi connectivity index (χ2v) is 6.68. The fourth-order valence-corrected chi connectivity index (χ4v) is 3.39. The molecule has 2 aromatic heterocycles. The van der Waals surface area contributed by atoms with E-state index in [9.17, 15) is 0 Å². The van der Waals surface area contributed by atoms with Crippen molar-refractivity contribution in [2.75, 3.05) is 13.7 Å². The molecule has 0 fully saturated rings. The van der Waals surface area contributed by atoms with E-state index in [-0.39, 0.29) is 0 Å². The summed E-state index contributed by atoms with van der Waals surface area (Å²) < 4.78 is 7.64. The highest BCUT2D eigenvalue weighted by Gasteiger charge is 2.23. The molecule has 3 heterocycles. The van der Waals surface area contributed by atoms with Crippen LogP contribution in [0.25, 0.3) is 0 Å². The fraction of sp³-hybridized carbons (Fsp3) is 0.556. The molecule has 0 radical (unpaired) electrons. The minimum Gasteiger partial charge on any atom is -0.497 e. The van der Waals surface area contributed by atoms with Gasteiger partial charge < -0.3 is 9.30 Å². The lowest BCUT2D eigenvalue weighted by Crippen LogP contribution is -2.31. The lowest BCUT2D eigenvalue weighted by atomic mass is 10.1. The predicted molar refractivity (Wildman–Crippen MR) is 90.6 cm³/mol. The molecule has 1 aliphatic rings. The van der Waals surface area contributed by atoms with Gasteiger partial charge in [0.2, 0.25) is 0 Å². The molecule has 3 rings (SSSR count). The largest absolute Gasteiger partial charge is 0.497 e. The topological polar surface area (TPSA) is 43.2 Å². The van der Waals surface area contributed by atoms with E-state index in [1.807, 2.05) is 19.1 Å². The number of methoxy groups -OCH3 is 1. The zero-order valence-corrected chi connectivity index (χ0v) is 14.8. The molecule has 5 nitrogen and oxygen atoms in total. The number of hydrogen-bond acceptors (Lipinski definition) is 4. The first-order valence-corrected chi connectivity index (χ1v) is 8.26. The Balaban J connectivity index is 1.77. The van der Waals surface area contributed by atoms with Gasteiger partial charge in [0.05, 0.1) is 18.5 Å². The van der Waals surface area contributed by atoms with Crippen molar-refractivity contribution in [1.82, 2.24) is 19.4 Å². The molecule has 0 saturated heterocycles. The number of ether oxygens (including phenoxy) is 1. The van der Waals surface area contributed by atoms with Crippen LogP contribution in [-0.4, -0.2) is 33.1 Å². The molecular weight excluding hydrogens is 288 g/mol. The number of rotatable bonds is 4. The molecule has 0 amide bonds. The van der Waals surface area contributed by atoms with E-state index in [1.165, 1.54) is 17.2 Å². The van der Waals surface area contributed by atoms with Gasteiger partial charge in [-0.15, -0.1) is 0 Å².